The molecule has 4 atom stereocenters. The van der Waals surface area contributed by atoms with Crippen molar-refractivity contribution in [2.75, 3.05) is 13.1 Å². The number of fused-ring (bicyclic) bond motifs is 9. The zero-order valence-corrected chi connectivity index (χ0v) is 35.8. The van der Waals surface area contributed by atoms with Crippen LogP contribution in [0.5, 0.6) is 0 Å². The normalized spacial score (nSPS) is 29.6. The first-order valence-corrected chi connectivity index (χ1v) is 23.8. The molecule has 2 amide bonds. The topological polar surface area (TPSA) is 59.1 Å². The van der Waals surface area contributed by atoms with Crippen molar-refractivity contribution in [2.24, 2.45) is 17.8 Å². The highest BCUT2D eigenvalue weighted by Gasteiger charge is 2.47. The maximum Gasteiger partial charge on any atom is 0.266 e. The highest BCUT2D eigenvalue weighted by atomic mass is 32.2. The van der Waals surface area contributed by atoms with Gasteiger partial charge in [0.05, 0.1) is 9.81 Å². The molecule has 12 heteroatoms. The standard InChI is InChI=1S/C43H42N2O4S6/c1-3-44-39(46)35(54-41(44)50)21-27-15-26-14-23-10-6-7-11-32(23)48-33-18-24-17-30-34(19-25(24)16-29(33)37(26)52-27)49-43(12-8-5-9-13-43)31-20-28(53-38(30)31)22-36-40(47)45(4-2)42(51)55-36/h15-25,32H,3-14H2,1-2H3/b35-21+,36-22-. The summed E-state index contributed by atoms with van der Waals surface area (Å²) in [4.78, 5) is 35.8. The molecule has 2 aromatic rings. The summed E-state index contributed by atoms with van der Waals surface area (Å²) < 4.78 is 15.6. The van der Waals surface area contributed by atoms with E-state index in [1.54, 1.807) is 32.5 Å². The number of ether oxygens (including phenoxy) is 2. The Morgan fingerprint density at radius 2 is 1.36 bits per heavy atom. The van der Waals surface area contributed by atoms with Gasteiger partial charge in [-0.3, -0.25) is 19.4 Å². The molecule has 10 rings (SSSR count). The van der Waals surface area contributed by atoms with Gasteiger partial charge in [-0.15, -0.1) is 22.7 Å². The summed E-state index contributed by atoms with van der Waals surface area (Å²) in [5, 5.41) is 0. The van der Waals surface area contributed by atoms with Crippen molar-refractivity contribution in [1.29, 1.82) is 0 Å². The number of rotatable bonds is 4. The molecular weight excluding hydrogens is 801 g/mol. The van der Waals surface area contributed by atoms with Gasteiger partial charge >= 0.3 is 0 Å². The maximum absolute atomic E-state index is 13.2. The number of carbonyl (C=O) groups excluding carboxylic acids is 2. The van der Waals surface area contributed by atoms with Crippen LogP contribution >= 0.6 is 70.6 Å². The average molecular weight is 843 g/mol. The van der Waals surface area contributed by atoms with Crippen LogP contribution < -0.4 is 0 Å². The summed E-state index contributed by atoms with van der Waals surface area (Å²) >= 11 is 17.4. The monoisotopic (exact) mass is 842 g/mol. The van der Waals surface area contributed by atoms with Crippen LogP contribution in [-0.2, 0) is 31.1 Å². The number of carbonyl (C=O) groups is 2. The molecule has 4 aliphatic heterocycles. The van der Waals surface area contributed by atoms with Gasteiger partial charge in [0.1, 0.15) is 31.9 Å². The predicted octanol–water partition coefficient (Wildman–Crippen LogP) is 11.1. The van der Waals surface area contributed by atoms with Crippen molar-refractivity contribution in [3.8, 4) is 0 Å². The minimum Gasteiger partial charge on any atom is -0.490 e. The summed E-state index contributed by atoms with van der Waals surface area (Å²) in [6.45, 7) is 5.11. The molecule has 284 valence electrons. The second-order valence-corrected chi connectivity index (χ2v) is 21.2. The van der Waals surface area contributed by atoms with Gasteiger partial charge in [0.2, 0.25) is 0 Å². The Labute approximate surface area is 349 Å². The molecule has 55 heavy (non-hydrogen) atoms. The van der Waals surface area contributed by atoms with Gasteiger partial charge < -0.3 is 9.47 Å². The summed E-state index contributed by atoms with van der Waals surface area (Å²) in [6.07, 6.45) is 25.0. The Morgan fingerprint density at radius 1 is 0.764 bits per heavy atom. The minimum absolute atomic E-state index is 0.000505. The fourth-order valence-corrected chi connectivity index (χ4v) is 15.0. The fourth-order valence-electron chi connectivity index (χ4n) is 9.68. The predicted molar refractivity (Wildman–Crippen MR) is 235 cm³/mol. The number of allylic oxidation sites excluding steroid dienone is 6. The van der Waals surface area contributed by atoms with Crippen LogP contribution in [0.3, 0.4) is 0 Å². The van der Waals surface area contributed by atoms with E-state index >= 15 is 0 Å². The molecular formula is C43H42N2O4S6. The number of amides is 2. The largest absolute Gasteiger partial charge is 0.490 e. The molecule has 8 aliphatic rings. The van der Waals surface area contributed by atoms with Crippen LogP contribution in [0.25, 0.3) is 23.3 Å². The number of thioether (sulfide) groups is 2. The first-order valence-electron chi connectivity index (χ1n) is 19.7. The summed E-state index contributed by atoms with van der Waals surface area (Å²) in [6, 6.07) is 4.62. The summed E-state index contributed by atoms with van der Waals surface area (Å²) in [5.74, 6) is 2.69. The van der Waals surface area contributed by atoms with E-state index in [1.165, 1.54) is 75.7 Å². The molecule has 2 aromatic heterocycles. The van der Waals surface area contributed by atoms with Crippen molar-refractivity contribution in [2.45, 2.75) is 89.8 Å². The molecule has 0 N–H and O–H groups in total. The minimum atomic E-state index is -0.356. The lowest BCUT2D eigenvalue weighted by Gasteiger charge is -2.44. The van der Waals surface area contributed by atoms with E-state index in [0.29, 0.717) is 37.5 Å². The van der Waals surface area contributed by atoms with E-state index in [0.717, 1.165) is 65.4 Å². The van der Waals surface area contributed by atoms with Crippen LogP contribution in [0.15, 0.2) is 57.8 Å². The van der Waals surface area contributed by atoms with E-state index in [2.05, 4.69) is 42.5 Å². The number of thiophene rings is 2. The molecule has 6 nitrogen and oxygen atoms in total. The number of hydrogen-bond acceptors (Lipinski definition) is 10. The van der Waals surface area contributed by atoms with Crippen LogP contribution in [0.2, 0.25) is 0 Å². The van der Waals surface area contributed by atoms with Gasteiger partial charge in [0, 0.05) is 61.1 Å². The maximum atomic E-state index is 13.2. The number of thiocarbonyl (C=S) groups is 2. The van der Waals surface area contributed by atoms with E-state index in [9.17, 15) is 9.59 Å². The Kier molecular flexibility index (Phi) is 9.49. The lowest BCUT2D eigenvalue weighted by molar-refractivity contribution is -0.122. The van der Waals surface area contributed by atoms with Crippen molar-refractivity contribution in [3.05, 3.63) is 88.4 Å². The summed E-state index contributed by atoms with van der Waals surface area (Å²) in [7, 11) is 0. The second-order valence-electron chi connectivity index (χ2n) is 15.7. The molecule has 0 aromatic carbocycles. The van der Waals surface area contributed by atoms with Gasteiger partial charge in [-0.2, -0.15) is 0 Å². The quantitative estimate of drug-likeness (QED) is 0.223. The third-order valence-electron chi connectivity index (χ3n) is 12.4. The van der Waals surface area contributed by atoms with Crippen molar-refractivity contribution in [1.82, 2.24) is 9.80 Å². The SMILES string of the molecule is CCN1C(=O)/C(=C/c2cc3c(s2)C2=CC4C=C5OC6CCCCC6Cc6cc(/C=C7/SC(=S)N(CC)C7=O)sc6C5=CC4C=C2OC32CCCCC2)SC1=S. The molecule has 2 saturated heterocycles. The van der Waals surface area contributed by atoms with E-state index < -0.39 is 0 Å². The zero-order valence-electron chi connectivity index (χ0n) is 30.9. The summed E-state index contributed by atoms with van der Waals surface area (Å²) in [5.41, 5.74) is 4.61. The van der Waals surface area contributed by atoms with Gasteiger partial charge in [-0.05, 0) is 113 Å². The molecule has 4 fully saturated rings. The molecule has 0 bridgehead atoms. The number of likely N-dealkylation sites (N-methyl/N-ethyl adjacent to an activating group) is 2. The molecule has 4 unspecified atom stereocenters. The van der Waals surface area contributed by atoms with E-state index in [-0.39, 0.29) is 35.4 Å². The zero-order chi connectivity index (χ0) is 37.6. The van der Waals surface area contributed by atoms with Gasteiger partial charge in [0.25, 0.3) is 11.8 Å². The fraction of sp³-hybridized carbons (Fsp3) is 0.442. The first-order chi connectivity index (χ1) is 26.7. The molecule has 6 heterocycles. The highest BCUT2D eigenvalue weighted by Crippen LogP contribution is 2.57. The molecule has 0 radical (unpaired) electrons. The van der Waals surface area contributed by atoms with Crippen molar-refractivity contribution < 1.29 is 19.1 Å². The van der Waals surface area contributed by atoms with Crippen LogP contribution in [0.1, 0.15) is 102 Å². The number of hydrogen-bond donors (Lipinski definition) is 0. The van der Waals surface area contributed by atoms with Crippen LogP contribution in [0.4, 0.5) is 0 Å². The van der Waals surface area contributed by atoms with Crippen molar-refractivity contribution in [3.63, 3.8) is 0 Å². The third kappa shape index (κ3) is 6.23. The Hall–Kier alpha value is -2.74. The smallest absolute Gasteiger partial charge is 0.266 e. The number of nitrogens with zero attached hydrogens (tertiary/aromatic N) is 2. The van der Waals surface area contributed by atoms with Crippen LogP contribution in [0, 0.1) is 17.8 Å². The van der Waals surface area contributed by atoms with E-state index in [1.807, 2.05) is 19.9 Å². The Morgan fingerprint density at radius 3 is 2.02 bits per heavy atom. The molecule has 4 aliphatic carbocycles. The van der Waals surface area contributed by atoms with Gasteiger partial charge in [0.15, 0.2) is 0 Å². The molecule has 1 spiro atoms. The highest BCUT2D eigenvalue weighted by molar-refractivity contribution is 8.27. The van der Waals surface area contributed by atoms with Gasteiger partial charge in [-0.1, -0.05) is 73.0 Å². The van der Waals surface area contributed by atoms with Crippen molar-refractivity contribution >= 4 is 114 Å². The van der Waals surface area contributed by atoms with Crippen LogP contribution in [-0.4, -0.2) is 49.4 Å². The lowest BCUT2D eigenvalue weighted by atomic mass is 9.73. The second kappa shape index (κ2) is 14.3. The Bertz CT molecular complexity index is 2240. The average Bonchev–Trinajstić information content (AvgIpc) is 3.91. The van der Waals surface area contributed by atoms with Gasteiger partial charge in [-0.25, -0.2) is 0 Å². The lowest BCUT2D eigenvalue weighted by Crippen LogP contribution is -2.36. The first kappa shape index (κ1) is 36.6. The molecule has 2 saturated carbocycles. The third-order valence-corrected chi connectivity index (χ3v) is 17.5. The Balaban J connectivity index is 1.05. The van der Waals surface area contributed by atoms with E-state index in [4.69, 9.17) is 33.9 Å².